The molecule has 0 saturated heterocycles. The summed E-state index contributed by atoms with van der Waals surface area (Å²) >= 11 is 0. The topological polar surface area (TPSA) is 66.9 Å². The van der Waals surface area contributed by atoms with Crippen molar-refractivity contribution < 1.29 is 4.79 Å². The van der Waals surface area contributed by atoms with Crippen LogP contribution >= 0.6 is 0 Å². The molecule has 0 aliphatic heterocycles. The van der Waals surface area contributed by atoms with Gasteiger partial charge >= 0.3 is 0 Å². The van der Waals surface area contributed by atoms with Gasteiger partial charge in [-0.3, -0.25) is 4.79 Å². The van der Waals surface area contributed by atoms with E-state index in [2.05, 4.69) is 27.5 Å². The molecule has 1 amide bonds. The van der Waals surface area contributed by atoms with E-state index >= 15 is 0 Å². The Hall–Kier alpha value is -1.65. The summed E-state index contributed by atoms with van der Waals surface area (Å²) in [6, 6.07) is 2.02. The van der Waals surface area contributed by atoms with E-state index in [1.54, 1.807) is 6.07 Å². The first-order chi connectivity index (χ1) is 9.29. The van der Waals surface area contributed by atoms with Crippen LogP contribution in [0.1, 0.15) is 55.9 Å². The van der Waals surface area contributed by atoms with Crippen LogP contribution in [0, 0.1) is 0 Å². The van der Waals surface area contributed by atoms with Crippen LogP contribution in [-0.4, -0.2) is 28.5 Å². The molecule has 0 aromatic carbocycles. The third-order valence-corrected chi connectivity index (χ3v) is 3.40. The van der Waals surface area contributed by atoms with Crippen molar-refractivity contribution in [3.63, 3.8) is 0 Å². The van der Waals surface area contributed by atoms with Gasteiger partial charge in [-0.05, 0) is 19.3 Å². The molecule has 1 aromatic heterocycles. The monoisotopic (exact) mass is 262 g/mol. The van der Waals surface area contributed by atoms with Gasteiger partial charge in [0.2, 0.25) is 0 Å². The van der Waals surface area contributed by atoms with Gasteiger partial charge in [0.25, 0.3) is 5.91 Å². The molecule has 0 unspecified atom stereocenters. The molecule has 0 bridgehead atoms. The SMILES string of the molecule is CCCNc1cc(C(=O)NC2CCCCC2)ncn1. The minimum absolute atomic E-state index is 0.0890. The standard InChI is InChI=1S/C14H22N4O/c1-2-8-15-13-9-12(16-10-17-13)14(19)18-11-6-4-3-5-7-11/h9-11H,2-8H2,1H3,(H,18,19)(H,15,16,17). The van der Waals surface area contributed by atoms with Crippen molar-refractivity contribution in [1.29, 1.82) is 0 Å². The zero-order chi connectivity index (χ0) is 13.5. The Balaban J connectivity index is 1.93. The van der Waals surface area contributed by atoms with E-state index in [-0.39, 0.29) is 5.91 Å². The number of aromatic nitrogens is 2. The van der Waals surface area contributed by atoms with Crippen molar-refractivity contribution in [2.75, 3.05) is 11.9 Å². The quantitative estimate of drug-likeness (QED) is 0.855. The Morgan fingerprint density at radius 3 is 2.84 bits per heavy atom. The minimum Gasteiger partial charge on any atom is -0.370 e. The van der Waals surface area contributed by atoms with Crippen LogP contribution in [0.15, 0.2) is 12.4 Å². The maximum Gasteiger partial charge on any atom is 0.270 e. The van der Waals surface area contributed by atoms with E-state index in [4.69, 9.17) is 0 Å². The van der Waals surface area contributed by atoms with Gasteiger partial charge in [-0.2, -0.15) is 0 Å². The second-order valence-electron chi connectivity index (χ2n) is 5.02. The van der Waals surface area contributed by atoms with Crippen LogP contribution in [0.5, 0.6) is 0 Å². The summed E-state index contributed by atoms with van der Waals surface area (Å²) in [6.45, 7) is 2.94. The highest BCUT2D eigenvalue weighted by atomic mass is 16.1. The van der Waals surface area contributed by atoms with Crippen LogP contribution in [0.2, 0.25) is 0 Å². The first kappa shape index (κ1) is 13.8. The van der Waals surface area contributed by atoms with Crippen molar-refractivity contribution in [2.24, 2.45) is 0 Å². The van der Waals surface area contributed by atoms with Gasteiger partial charge < -0.3 is 10.6 Å². The number of hydrogen-bond acceptors (Lipinski definition) is 4. The molecule has 2 N–H and O–H groups in total. The summed E-state index contributed by atoms with van der Waals surface area (Å²) < 4.78 is 0. The lowest BCUT2D eigenvalue weighted by molar-refractivity contribution is 0.0922. The van der Waals surface area contributed by atoms with Crippen LogP contribution in [-0.2, 0) is 0 Å². The summed E-state index contributed by atoms with van der Waals surface area (Å²) in [5, 5.41) is 6.22. The number of amides is 1. The fourth-order valence-electron chi connectivity index (χ4n) is 2.34. The van der Waals surface area contributed by atoms with E-state index in [1.165, 1.54) is 25.6 Å². The predicted octanol–water partition coefficient (Wildman–Crippen LogP) is 2.36. The van der Waals surface area contributed by atoms with E-state index in [9.17, 15) is 4.79 Å². The first-order valence-corrected chi connectivity index (χ1v) is 7.16. The maximum absolute atomic E-state index is 12.1. The lowest BCUT2D eigenvalue weighted by atomic mass is 9.95. The van der Waals surface area contributed by atoms with Crippen LogP contribution in [0.3, 0.4) is 0 Å². The Morgan fingerprint density at radius 1 is 1.32 bits per heavy atom. The zero-order valence-corrected chi connectivity index (χ0v) is 11.5. The maximum atomic E-state index is 12.1. The van der Waals surface area contributed by atoms with Gasteiger partial charge in [0.05, 0.1) is 0 Å². The molecule has 19 heavy (non-hydrogen) atoms. The molecule has 5 nitrogen and oxygen atoms in total. The molecular formula is C14H22N4O. The Labute approximate surface area is 114 Å². The molecule has 5 heteroatoms. The van der Waals surface area contributed by atoms with Crippen LogP contribution in [0.4, 0.5) is 5.82 Å². The molecule has 2 rings (SSSR count). The smallest absolute Gasteiger partial charge is 0.270 e. The number of anilines is 1. The molecule has 0 spiro atoms. The van der Waals surface area contributed by atoms with E-state index in [1.807, 2.05) is 0 Å². The second kappa shape index (κ2) is 7.07. The summed E-state index contributed by atoms with van der Waals surface area (Å²) in [5.41, 5.74) is 0.444. The molecule has 1 heterocycles. The Bertz CT molecular complexity index is 416. The highest BCUT2D eigenvalue weighted by molar-refractivity contribution is 5.93. The highest BCUT2D eigenvalue weighted by Crippen LogP contribution is 2.17. The van der Waals surface area contributed by atoms with Gasteiger partial charge in [0, 0.05) is 18.7 Å². The summed E-state index contributed by atoms with van der Waals surface area (Å²) in [6.07, 6.45) is 8.32. The molecule has 1 saturated carbocycles. The van der Waals surface area contributed by atoms with Crippen molar-refractivity contribution in [3.8, 4) is 0 Å². The van der Waals surface area contributed by atoms with E-state index in [0.29, 0.717) is 17.6 Å². The predicted molar refractivity (Wildman–Crippen MR) is 75.2 cm³/mol. The molecule has 0 radical (unpaired) electrons. The van der Waals surface area contributed by atoms with Gasteiger partial charge in [-0.15, -0.1) is 0 Å². The second-order valence-corrected chi connectivity index (χ2v) is 5.02. The summed E-state index contributed by atoms with van der Waals surface area (Å²) in [4.78, 5) is 20.3. The van der Waals surface area contributed by atoms with Crippen molar-refractivity contribution in [1.82, 2.24) is 15.3 Å². The van der Waals surface area contributed by atoms with Crippen LogP contribution in [0.25, 0.3) is 0 Å². The summed E-state index contributed by atoms with van der Waals surface area (Å²) in [5.74, 6) is 0.625. The number of nitrogens with one attached hydrogen (secondary N) is 2. The van der Waals surface area contributed by atoms with Gasteiger partial charge in [0.1, 0.15) is 17.8 Å². The fraction of sp³-hybridized carbons (Fsp3) is 0.643. The average molecular weight is 262 g/mol. The number of hydrogen-bond donors (Lipinski definition) is 2. The van der Waals surface area contributed by atoms with E-state index < -0.39 is 0 Å². The minimum atomic E-state index is -0.0890. The average Bonchev–Trinajstić information content (AvgIpc) is 2.46. The van der Waals surface area contributed by atoms with Crippen molar-refractivity contribution >= 4 is 11.7 Å². The third kappa shape index (κ3) is 4.19. The van der Waals surface area contributed by atoms with Gasteiger partial charge in [-0.1, -0.05) is 26.2 Å². The van der Waals surface area contributed by atoms with E-state index in [0.717, 1.165) is 25.8 Å². The molecule has 1 aliphatic rings. The van der Waals surface area contributed by atoms with Gasteiger partial charge in [0.15, 0.2) is 0 Å². The largest absolute Gasteiger partial charge is 0.370 e. The number of carbonyl (C=O) groups is 1. The molecule has 1 aromatic rings. The number of carbonyl (C=O) groups excluding carboxylic acids is 1. The van der Waals surface area contributed by atoms with Crippen LogP contribution < -0.4 is 10.6 Å². The normalized spacial score (nSPS) is 16.1. The number of nitrogens with zero attached hydrogens (tertiary/aromatic N) is 2. The molecule has 1 aliphatic carbocycles. The zero-order valence-electron chi connectivity index (χ0n) is 11.5. The molecule has 104 valence electrons. The summed E-state index contributed by atoms with van der Waals surface area (Å²) in [7, 11) is 0. The Morgan fingerprint density at radius 2 is 2.11 bits per heavy atom. The van der Waals surface area contributed by atoms with Crippen molar-refractivity contribution in [2.45, 2.75) is 51.5 Å². The lowest BCUT2D eigenvalue weighted by Gasteiger charge is -2.22. The molecule has 0 atom stereocenters. The third-order valence-electron chi connectivity index (χ3n) is 3.40. The molecular weight excluding hydrogens is 240 g/mol. The Kier molecular flexibility index (Phi) is 5.12. The molecule has 1 fully saturated rings. The lowest BCUT2D eigenvalue weighted by Crippen LogP contribution is -2.36. The van der Waals surface area contributed by atoms with Gasteiger partial charge in [-0.25, -0.2) is 9.97 Å². The first-order valence-electron chi connectivity index (χ1n) is 7.16. The highest BCUT2D eigenvalue weighted by Gasteiger charge is 2.17. The van der Waals surface area contributed by atoms with Crippen molar-refractivity contribution in [3.05, 3.63) is 18.1 Å². The number of rotatable bonds is 5. The fourth-order valence-corrected chi connectivity index (χ4v) is 2.34.